The number of hydrogen-bond donors (Lipinski definition) is 0. The Morgan fingerprint density at radius 1 is 1.25 bits per heavy atom. The maximum atomic E-state index is 2.39. The molecule has 1 fully saturated rings. The number of rotatable bonds is 1. The van der Waals surface area contributed by atoms with Crippen LogP contribution in [0.25, 0.3) is 0 Å². The van der Waals surface area contributed by atoms with E-state index in [1.165, 1.54) is 12.1 Å². The summed E-state index contributed by atoms with van der Waals surface area (Å²) in [7, 11) is 2.18. The quantitative estimate of drug-likeness (QED) is 0.609. The maximum absolute atomic E-state index is 2.39. The minimum atomic E-state index is 0.715. The van der Waals surface area contributed by atoms with Gasteiger partial charge < -0.3 is 4.90 Å². The molecular formula is C11H15N. The Morgan fingerprint density at radius 3 is 2.42 bits per heavy atom. The van der Waals surface area contributed by atoms with Gasteiger partial charge in [0.1, 0.15) is 0 Å². The lowest BCUT2D eigenvalue weighted by Gasteiger charge is -2.44. The van der Waals surface area contributed by atoms with Crippen molar-refractivity contribution in [2.75, 3.05) is 13.6 Å². The minimum absolute atomic E-state index is 0.715. The maximum Gasteiger partial charge on any atom is 0.0145 e. The Kier molecular flexibility index (Phi) is 1.89. The molecule has 0 aromatic heterocycles. The molecule has 0 saturated carbocycles. The molecule has 2 rings (SSSR count). The average Bonchev–Trinajstić information content (AvgIpc) is 2.15. The van der Waals surface area contributed by atoms with E-state index in [4.69, 9.17) is 0 Å². The van der Waals surface area contributed by atoms with Gasteiger partial charge in [-0.15, -0.1) is 0 Å². The van der Waals surface area contributed by atoms with Gasteiger partial charge in [-0.05, 0) is 19.5 Å². The summed E-state index contributed by atoms with van der Waals surface area (Å²) < 4.78 is 0. The zero-order valence-corrected chi connectivity index (χ0v) is 7.70. The van der Waals surface area contributed by atoms with Crippen LogP contribution in [0.15, 0.2) is 30.3 Å². The number of nitrogens with zero attached hydrogens (tertiary/aromatic N) is 1. The Bertz CT molecular complexity index is 255. The molecule has 12 heavy (non-hydrogen) atoms. The van der Waals surface area contributed by atoms with Crippen molar-refractivity contribution in [2.24, 2.45) is 0 Å². The largest absolute Gasteiger partial charge is 0.302 e. The summed E-state index contributed by atoms with van der Waals surface area (Å²) in [5.41, 5.74) is 1.49. The third kappa shape index (κ3) is 1.14. The van der Waals surface area contributed by atoms with Crippen LogP contribution in [0.2, 0.25) is 0 Å². The molecule has 0 spiro atoms. The fourth-order valence-electron chi connectivity index (χ4n) is 1.88. The van der Waals surface area contributed by atoms with E-state index in [1.807, 2.05) is 0 Å². The second-order valence-corrected chi connectivity index (χ2v) is 3.70. The van der Waals surface area contributed by atoms with Crippen molar-refractivity contribution in [3.63, 3.8) is 0 Å². The Morgan fingerprint density at radius 2 is 1.92 bits per heavy atom. The molecule has 1 aliphatic rings. The van der Waals surface area contributed by atoms with Gasteiger partial charge in [0, 0.05) is 18.5 Å². The summed E-state index contributed by atoms with van der Waals surface area (Å²) in [5.74, 6) is 0.760. The molecule has 1 heteroatoms. The highest BCUT2D eigenvalue weighted by molar-refractivity contribution is 5.24. The molecule has 0 aliphatic carbocycles. The first kappa shape index (κ1) is 7.81. The smallest absolute Gasteiger partial charge is 0.0145 e. The SMILES string of the molecule is CC1C(c2ccccc2)CN1C. The van der Waals surface area contributed by atoms with Crippen molar-refractivity contribution in [2.45, 2.75) is 18.9 Å². The molecule has 64 valence electrons. The van der Waals surface area contributed by atoms with Crippen molar-refractivity contribution in [1.29, 1.82) is 0 Å². The molecule has 1 aromatic carbocycles. The number of likely N-dealkylation sites (tertiary alicyclic amines) is 1. The van der Waals surface area contributed by atoms with Crippen LogP contribution in [0.5, 0.6) is 0 Å². The Hall–Kier alpha value is -0.820. The lowest BCUT2D eigenvalue weighted by Crippen LogP contribution is -2.50. The topological polar surface area (TPSA) is 3.24 Å². The molecule has 1 aromatic rings. The fraction of sp³-hybridized carbons (Fsp3) is 0.455. The molecular weight excluding hydrogens is 146 g/mol. The first-order valence-electron chi connectivity index (χ1n) is 4.54. The molecule has 0 amide bonds. The molecule has 1 heterocycles. The summed E-state index contributed by atoms with van der Waals surface area (Å²) in [6, 6.07) is 11.5. The summed E-state index contributed by atoms with van der Waals surface area (Å²) in [5, 5.41) is 0. The molecule has 1 nitrogen and oxygen atoms in total. The van der Waals surface area contributed by atoms with Crippen LogP contribution in [-0.2, 0) is 0 Å². The zero-order valence-electron chi connectivity index (χ0n) is 7.70. The van der Waals surface area contributed by atoms with Gasteiger partial charge in [-0.2, -0.15) is 0 Å². The second kappa shape index (κ2) is 2.91. The first-order chi connectivity index (χ1) is 5.79. The molecule has 1 aliphatic heterocycles. The summed E-state index contributed by atoms with van der Waals surface area (Å²) in [6.07, 6.45) is 0. The monoisotopic (exact) mass is 161 g/mol. The summed E-state index contributed by atoms with van der Waals surface area (Å²) >= 11 is 0. The van der Waals surface area contributed by atoms with E-state index in [0.29, 0.717) is 6.04 Å². The molecule has 2 atom stereocenters. The highest BCUT2D eigenvalue weighted by atomic mass is 15.2. The molecule has 0 N–H and O–H groups in total. The van der Waals surface area contributed by atoms with Crippen LogP contribution in [0, 0.1) is 0 Å². The van der Waals surface area contributed by atoms with Gasteiger partial charge in [0.2, 0.25) is 0 Å². The van der Waals surface area contributed by atoms with Crippen molar-refractivity contribution < 1.29 is 0 Å². The van der Waals surface area contributed by atoms with Crippen LogP contribution in [0.3, 0.4) is 0 Å². The fourth-order valence-corrected chi connectivity index (χ4v) is 1.88. The van der Waals surface area contributed by atoms with Crippen LogP contribution >= 0.6 is 0 Å². The van der Waals surface area contributed by atoms with Crippen molar-refractivity contribution in [3.8, 4) is 0 Å². The van der Waals surface area contributed by atoms with Gasteiger partial charge in [-0.1, -0.05) is 30.3 Å². The van der Waals surface area contributed by atoms with Crippen LogP contribution in [-0.4, -0.2) is 24.5 Å². The number of likely N-dealkylation sites (N-methyl/N-ethyl adjacent to an activating group) is 1. The van der Waals surface area contributed by atoms with Gasteiger partial charge in [0.05, 0.1) is 0 Å². The normalized spacial score (nSPS) is 29.8. The Labute approximate surface area is 74.0 Å². The van der Waals surface area contributed by atoms with Gasteiger partial charge in [-0.3, -0.25) is 0 Å². The van der Waals surface area contributed by atoms with Gasteiger partial charge in [-0.25, -0.2) is 0 Å². The highest BCUT2D eigenvalue weighted by Gasteiger charge is 2.32. The van der Waals surface area contributed by atoms with Crippen molar-refractivity contribution in [3.05, 3.63) is 35.9 Å². The predicted octanol–water partition coefficient (Wildman–Crippen LogP) is 2.10. The second-order valence-electron chi connectivity index (χ2n) is 3.70. The summed E-state index contributed by atoms with van der Waals surface area (Å²) in [4.78, 5) is 2.39. The third-order valence-electron chi connectivity index (χ3n) is 2.99. The Balaban J connectivity index is 2.13. The van der Waals surface area contributed by atoms with E-state index in [9.17, 15) is 0 Å². The van der Waals surface area contributed by atoms with E-state index < -0.39 is 0 Å². The zero-order chi connectivity index (χ0) is 8.55. The van der Waals surface area contributed by atoms with Crippen molar-refractivity contribution in [1.82, 2.24) is 4.90 Å². The molecule has 0 radical (unpaired) electrons. The number of benzene rings is 1. The van der Waals surface area contributed by atoms with Crippen LogP contribution in [0.4, 0.5) is 0 Å². The van der Waals surface area contributed by atoms with Crippen LogP contribution < -0.4 is 0 Å². The van der Waals surface area contributed by atoms with Crippen LogP contribution in [0.1, 0.15) is 18.4 Å². The van der Waals surface area contributed by atoms with E-state index in [0.717, 1.165) is 5.92 Å². The molecule has 2 unspecified atom stereocenters. The molecule has 1 saturated heterocycles. The predicted molar refractivity (Wildman–Crippen MR) is 51.3 cm³/mol. The average molecular weight is 161 g/mol. The number of hydrogen-bond acceptors (Lipinski definition) is 1. The minimum Gasteiger partial charge on any atom is -0.302 e. The van der Waals surface area contributed by atoms with Crippen molar-refractivity contribution >= 4 is 0 Å². The molecule has 0 bridgehead atoms. The van der Waals surface area contributed by atoms with Gasteiger partial charge >= 0.3 is 0 Å². The third-order valence-corrected chi connectivity index (χ3v) is 2.99. The lowest BCUT2D eigenvalue weighted by molar-refractivity contribution is 0.106. The highest BCUT2D eigenvalue weighted by Crippen LogP contribution is 2.31. The van der Waals surface area contributed by atoms with Gasteiger partial charge in [0.15, 0.2) is 0 Å². The lowest BCUT2D eigenvalue weighted by atomic mass is 9.84. The van der Waals surface area contributed by atoms with Gasteiger partial charge in [0.25, 0.3) is 0 Å². The van der Waals surface area contributed by atoms with E-state index in [-0.39, 0.29) is 0 Å². The summed E-state index contributed by atoms with van der Waals surface area (Å²) in [6.45, 7) is 3.51. The van der Waals surface area contributed by atoms with E-state index in [2.05, 4.69) is 49.2 Å². The van der Waals surface area contributed by atoms with E-state index in [1.54, 1.807) is 0 Å². The first-order valence-corrected chi connectivity index (χ1v) is 4.54. The standard InChI is InChI=1S/C11H15N/c1-9-11(8-12(9)2)10-6-4-3-5-7-10/h3-7,9,11H,8H2,1-2H3. The van der Waals surface area contributed by atoms with E-state index >= 15 is 0 Å².